The second-order valence-electron chi connectivity index (χ2n) is 17.2. The van der Waals surface area contributed by atoms with Gasteiger partial charge >= 0.3 is 0 Å². The summed E-state index contributed by atoms with van der Waals surface area (Å²) in [6.45, 7) is 4.21. The second-order valence-corrected chi connectivity index (χ2v) is 17.2. The molecule has 1 amide bonds. The molecule has 0 aromatic heterocycles. The Morgan fingerprint density at radius 3 is 1.16 bits per heavy atom. The molecular weight excluding hydrogens is 699 g/mol. The summed E-state index contributed by atoms with van der Waals surface area (Å²) in [6.07, 6.45) is 66.8. The predicted octanol–water partition coefficient (Wildman–Crippen LogP) is 16.3. The van der Waals surface area contributed by atoms with E-state index in [0.29, 0.717) is 6.42 Å². The number of carbonyl (C=O) groups is 1. The molecule has 0 fully saturated rings. The van der Waals surface area contributed by atoms with Crippen molar-refractivity contribution in [3.63, 3.8) is 0 Å². The summed E-state index contributed by atoms with van der Waals surface area (Å²) in [5, 5.41) is 23.1. The number of nitrogens with one attached hydrogen (secondary N) is 1. The Labute approximate surface area is 356 Å². The van der Waals surface area contributed by atoms with Gasteiger partial charge in [0.25, 0.3) is 0 Å². The van der Waals surface area contributed by atoms with Crippen LogP contribution in [-0.2, 0) is 4.79 Å². The van der Waals surface area contributed by atoms with Gasteiger partial charge in [-0.05, 0) is 51.4 Å². The van der Waals surface area contributed by atoms with Gasteiger partial charge in [-0.3, -0.25) is 4.79 Å². The molecule has 0 aliphatic carbocycles. The van der Waals surface area contributed by atoms with Crippen LogP contribution in [0, 0.1) is 0 Å². The number of hydrogen-bond acceptors (Lipinski definition) is 3. The topological polar surface area (TPSA) is 69.6 Å². The zero-order valence-corrected chi connectivity index (χ0v) is 38.4. The third-order valence-corrected chi connectivity index (χ3v) is 11.6. The van der Waals surface area contributed by atoms with Crippen molar-refractivity contribution in [1.82, 2.24) is 5.32 Å². The van der Waals surface area contributed by atoms with Crippen LogP contribution in [0.15, 0.2) is 48.6 Å². The molecule has 0 saturated carbocycles. The van der Waals surface area contributed by atoms with E-state index in [0.717, 1.165) is 57.8 Å². The zero-order valence-electron chi connectivity index (χ0n) is 38.4. The van der Waals surface area contributed by atoms with Crippen molar-refractivity contribution in [2.24, 2.45) is 0 Å². The molecule has 0 aromatic rings. The smallest absolute Gasteiger partial charge is 0.220 e. The summed E-state index contributed by atoms with van der Waals surface area (Å²) >= 11 is 0. The molecule has 0 aliphatic heterocycles. The largest absolute Gasteiger partial charge is 0.394 e. The fraction of sp³-hybridized carbons (Fsp3) is 0.830. The van der Waals surface area contributed by atoms with Crippen molar-refractivity contribution >= 4 is 5.91 Å². The maximum Gasteiger partial charge on any atom is 0.220 e. The molecule has 0 aliphatic rings. The number of carbonyl (C=O) groups excluding carboxylic acids is 1. The van der Waals surface area contributed by atoms with Gasteiger partial charge in [0.1, 0.15) is 0 Å². The number of hydrogen-bond donors (Lipinski definition) is 3. The minimum Gasteiger partial charge on any atom is -0.394 e. The van der Waals surface area contributed by atoms with Crippen LogP contribution in [0.2, 0.25) is 0 Å². The molecule has 57 heavy (non-hydrogen) atoms. The predicted molar refractivity (Wildman–Crippen MR) is 253 cm³/mol. The Morgan fingerprint density at radius 2 is 0.772 bits per heavy atom. The van der Waals surface area contributed by atoms with Crippen molar-refractivity contribution in [2.45, 2.75) is 276 Å². The number of unbranched alkanes of at least 4 members (excludes halogenated alkanes) is 33. The fourth-order valence-electron chi connectivity index (χ4n) is 7.72. The molecule has 0 radical (unpaired) electrons. The Balaban J connectivity index is 3.50. The summed E-state index contributed by atoms with van der Waals surface area (Å²) in [7, 11) is 0. The van der Waals surface area contributed by atoms with Gasteiger partial charge in [0.05, 0.1) is 18.8 Å². The average molecular weight is 798 g/mol. The van der Waals surface area contributed by atoms with Crippen LogP contribution in [0.4, 0.5) is 0 Å². The number of allylic oxidation sites excluding steroid dienone is 7. The summed E-state index contributed by atoms with van der Waals surface area (Å²) in [6, 6.07) is -0.629. The Kier molecular flexibility index (Phi) is 47.3. The van der Waals surface area contributed by atoms with E-state index in [4.69, 9.17) is 0 Å². The highest BCUT2D eigenvalue weighted by Crippen LogP contribution is 2.17. The van der Waals surface area contributed by atoms with E-state index in [9.17, 15) is 15.0 Å². The van der Waals surface area contributed by atoms with Crippen LogP contribution in [-0.4, -0.2) is 34.9 Å². The van der Waals surface area contributed by atoms with Gasteiger partial charge in [0.15, 0.2) is 0 Å². The van der Waals surface area contributed by atoms with Crippen LogP contribution in [0.3, 0.4) is 0 Å². The summed E-state index contributed by atoms with van der Waals surface area (Å²) in [4.78, 5) is 12.4. The van der Waals surface area contributed by atoms with Gasteiger partial charge in [0, 0.05) is 6.42 Å². The molecule has 2 unspecified atom stereocenters. The van der Waals surface area contributed by atoms with E-state index in [-0.39, 0.29) is 12.5 Å². The molecule has 334 valence electrons. The van der Waals surface area contributed by atoms with E-state index in [1.165, 1.54) is 186 Å². The monoisotopic (exact) mass is 798 g/mol. The quantitative estimate of drug-likeness (QED) is 0.0424. The minimum atomic E-state index is -0.845. The number of aliphatic hydroxyl groups excluding tert-OH is 2. The molecule has 0 aromatic carbocycles. The van der Waals surface area contributed by atoms with Gasteiger partial charge < -0.3 is 15.5 Å². The Bertz CT molecular complexity index is 908. The van der Waals surface area contributed by atoms with Crippen LogP contribution in [0.25, 0.3) is 0 Å². The first kappa shape index (κ1) is 55.4. The summed E-state index contributed by atoms with van der Waals surface area (Å²) < 4.78 is 0. The van der Waals surface area contributed by atoms with Gasteiger partial charge in [-0.1, -0.05) is 255 Å². The first-order valence-corrected chi connectivity index (χ1v) is 25.4. The number of rotatable bonds is 46. The molecular formula is C53H99NO3. The number of aliphatic hydroxyl groups is 2. The van der Waals surface area contributed by atoms with Crippen LogP contribution in [0.1, 0.15) is 264 Å². The highest BCUT2D eigenvalue weighted by atomic mass is 16.3. The molecule has 0 saturated heterocycles. The molecule has 0 spiro atoms. The Hall–Kier alpha value is -1.65. The third-order valence-electron chi connectivity index (χ3n) is 11.6. The van der Waals surface area contributed by atoms with E-state index < -0.39 is 12.1 Å². The SMILES string of the molecule is CC/C=C\C/C=C\C/C=C\CCCCCCCCCC(=O)NC(CO)C(O)/C=C/CCCCCCCCCCCCCCCCCCCCCCCCCCCC. The van der Waals surface area contributed by atoms with E-state index in [1.54, 1.807) is 6.08 Å². The zero-order chi connectivity index (χ0) is 41.4. The van der Waals surface area contributed by atoms with Gasteiger partial charge in [0.2, 0.25) is 5.91 Å². The van der Waals surface area contributed by atoms with Gasteiger partial charge in [-0.15, -0.1) is 0 Å². The standard InChI is InChI=1S/C53H99NO3/c1-3-5-7-9-11-13-15-17-19-21-22-23-24-25-26-27-28-29-30-31-33-34-36-38-40-42-44-46-48-52(56)51(50-55)54-53(57)49-47-45-43-41-39-37-35-32-20-18-16-14-12-10-8-6-4-2/h6,8,12,14,18,20,46,48,51-52,55-56H,3-5,7,9-11,13,15-17,19,21-45,47,49-50H2,1-2H3,(H,54,57)/b8-6-,14-12-,20-18-,48-46+. The molecule has 4 heteroatoms. The van der Waals surface area contributed by atoms with Crippen LogP contribution < -0.4 is 5.32 Å². The first-order valence-electron chi connectivity index (χ1n) is 25.4. The highest BCUT2D eigenvalue weighted by Gasteiger charge is 2.18. The minimum absolute atomic E-state index is 0.0732. The molecule has 0 bridgehead atoms. The average Bonchev–Trinajstić information content (AvgIpc) is 3.22. The van der Waals surface area contributed by atoms with E-state index in [1.807, 2.05) is 6.08 Å². The molecule has 3 N–H and O–H groups in total. The van der Waals surface area contributed by atoms with Crippen molar-refractivity contribution in [1.29, 1.82) is 0 Å². The molecule has 0 rings (SSSR count). The van der Waals surface area contributed by atoms with Crippen molar-refractivity contribution < 1.29 is 15.0 Å². The van der Waals surface area contributed by atoms with E-state index in [2.05, 4.69) is 55.6 Å². The first-order chi connectivity index (χ1) is 28.2. The lowest BCUT2D eigenvalue weighted by Gasteiger charge is -2.20. The highest BCUT2D eigenvalue weighted by molar-refractivity contribution is 5.76. The van der Waals surface area contributed by atoms with Crippen molar-refractivity contribution in [3.8, 4) is 0 Å². The maximum absolute atomic E-state index is 12.4. The fourth-order valence-corrected chi connectivity index (χ4v) is 7.72. The maximum atomic E-state index is 12.4. The molecule has 2 atom stereocenters. The molecule has 0 heterocycles. The molecule has 4 nitrogen and oxygen atoms in total. The van der Waals surface area contributed by atoms with Gasteiger partial charge in [-0.25, -0.2) is 0 Å². The third kappa shape index (κ3) is 45.3. The second kappa shape index (κ2) is 48.7. The number of amides is 1. The lowest BCUT2D eigenvalue weighted by molar-refractivity contribution is -0.123. The van der Waals surface area contributed by atoms with E-state index >= 15 is 0 Å². The van der Waals surface area contributed by atoms with Crippen LogP contribution >= 0.6 is 0 Å². The Morgan fingerprint density at radius 1 is 0.439 bits per heavy atom. The van der Waals surface area contributed by atoms with Crippen molar-refractivity contribution in [2.75, 3.05) is 6.61 Å². The van der Waals surface area contributed by atoms with Crippen LogP contribution in [0.5, 0.6) is 0 Å². The summed E-state index contributed by atoms with van der Waals surface area (Å²) in [5.74, 6) is -0.0732. The van der Waals surface area contributed by atoms with Crippen molar-refractivity contribution in [3.05, 3.63) is 48.6 Å². The lowest BCUT2D eigenvalue weighted by atomic mass is 10.0. The van der Waals surface area contributed by atoms with Gasteiger partial charge in [-0.2, -0.15) is 0 Å². The summed E-state index contributed by atoms with van der Waals surface area (Å²) in [5.41, 5.74) is 0. The normalized spacial score (nSPS) is 13.3. The lowest BCUT2D eigenvalue weighted by Crippen LogP contribution is -2.45.